The van der Waals surface area contributed by atoms with Crippen LogP contribution in [0, 0.1) is 0 Å². The Balaban J connectivity index is 1.43. The molecule has 3 heterocycles. The van der Waals surface area contributed by atoms with Crippen molar-refractivity contribution in [3.8, 4) is 17.1 Å². The fraction of sp³-hybridized carbons (Fsp3) is 0.429. The first-order chi connectivity index (χ1) is 15.9. The summed E-state index contributed by atoms with van der Waals surface area (Å²) in [5, 5.41) is 31.2. The van der Waals surface area contributed by atoms with Crippen molar-refractivity contribution in [2.24, 2.45) is 7.05 Å². The second kappa shape index (κ2) is 9.77. The molecule has 0 aliphatic carbocycles. The molecule has 4 rings (SSSR count). The molecular formula is C21H26N6O6. The number of aryl methyl sites for hydroxylation is 1. The minimum absolute atomic E-state index is 0.220. The summed E-state index contributed by atoms with van der Waals surface area (Å²) in [6, 6.07) is 7.45. The molecule has 1 aliphatic heterocycles. The Bertz CT molecular complexity index is 1080. The highest BCUT2D eigenvalue weighted by atomic mass is 16.7. The van der Waals surface area contributed by atoms with E-state index in [1.165, 1.54) is 14.2 Å². The molecule has 0 bridgehead atoms. The monoisotopic (exact) mass is 458 g/mol. The summed E-state index contributed by atoms with van der Waals surface area (Å²) in [6.07, 6.45) is -0.871. The average Bonchev–Trinajstić information content (AvgIpc) is 3.48. The molecule has 2 aromatic heterocycles. The number of carbonyl (C=O) groups excluding carboxylic acids is 1. The van der Waals surface area contributed by atoms with Crippen molar-refractivity contribution >= 4 is 5.91 Å². The standard InChI is InChI=1S/C21H26N6O6/c1-26-11-22-9-14(26)15-10-24-25-27(15)13-6-4-12(5-7-13)8-23-20(30)19-18(31-2)16(28)17(29)21(32-3)33-19/h4-7,9-11,16-19,21,28-29H,8H2,1-3H3,(H,23,30)/t16-,17+,18+,19?,21-/m1/s1. The molecule has 12 nitrogen and oxygen atoms in total. The van der Waals surface area contributed by atoms with Gasteiger partial charge in [-0.25, -0.2) is 9.67 Å². The van der Waals surface area contributed by atoms with Crippen LogP contribution < -0.4 is 5.32 Å². The van der Waals surface area contributed by atoms with Gasteiger partial charge in [-0.2, -0.15) is 0 Å². The van der Waals surface area contributed by atoms with Crippen molar-refractivity contribution in [1.29, 1.82) is 0 Å². The zero-order valence-corrected chi connectivity index (χ0v) is 18.4. The van der Waals surface area contributed by atoms with Gasteiger partial charge in [0.2, 0.25) is 0 Å². The molecule has 5 atom stereocenters. The molecule has 176 valence electrons. The molecule has 1 unspecified atom stereocenters. The van der Waals surface area contributed by atoms with Gasteiger partial charge >= 0.3 is 0 Å². The van der Waals surface area contributed by atoms with Crippen LogP contribution in [0.15, 0.2) is 43.0 Å². The van der Waals surface area contributed by atoms with Crippen LogP contribution in [0.4, 0.5) is 0 Å². The number of aliphatic hydroxyl groups is 2. The van der Waals surface area contributed by atoms with Crippen LogP contribution in [0.3, 0.4) is 0 Å². The summed E-state index contributed by atoms with van der Waals surface area (Å²) >= 11 is 0. The molecule has 1 aromatic carbocycles. The summed E-state index contributed by atoms with van der Waals surface area (Å²) in [7, 11) is 4.54. The van der Waals surface area contributed by atoms with Gasteiger partial charge in [-0.15, -0.1) is 5.10 Å². The van der Waals surface area contributed by atoms with Gasteiger partial charge in [0.15, 0.2) is 12.4 Å². The van der Waals surface area contributed by atoms with E-state index < -0.39 is 36.6 Å². The number of nitrogens with one attached hydrogen (secondary N) is 1. The number of aromatic nitrogens is 5. The van der Waals surface area contributed by atoms with Crippen molar-refractivity contribution in [2.75, 3.05) is 14.2 Å². The van der Waals surface area contributed by atoms with E-state index in [1.54, 1.807) is 23.4 Å². The van der Waals surface area contributed by atoms with Gasteiger partial charge in [0.05, 0.1) is 30.1 Å². The van der Waals surface area contributed by atoms with Crippen LogP contribution in [0.5, 0.6) is 0 Å². The summed E-state index contributed by atoms with van der Waals surface area (Å²) in [6.45, 7) is 0.220. The van der Waals surface area contributed by atoms with Crippen LogP contribution in [0.25, 0.3) is 17.1 Å². The van der Waals surface area contributed by atoms with Gasteiger partial charge in [-0.3, -0.25) is 4.79 Å². The van der Waals surface area contributed by atoms with E-state index in [0.717, 1.165) is 22.6 Å². The number of amides is 1. The largest absolute Gasteiger partial charge is 0.387 e. The van der Waals surface area contributed by atoms with Crippen molar-refractivity contribution in [3.63, 3.8) is 0 Å². The Kier molecular flexibility index (Phi) is 6.81. The van der Waals surface area contributed by atoms with Crippen LogP contribution in [-0.2, 0) is 32.6 Å². The highest BCUT2D eigenvalue weighted by molar-refractivity contribution is 5.81. The molecule has 0 saturated carbocycles. The van der Waals surface area contributed by atoms with Gasteiger partial charge in [0, 0.05) is 27.8 Å². The zero-order chi connectivity index (χ0) is 23.5. The Morgan fingerprint density at radius 2 is 1.88 bits per heavy atom. The maximum Gasteiger partial charge on any atom is 0.252 e. The number of ether oxygens (including phenoxy) is 3. The predicted molar refractivity (Wildman–Crippen MR) is 114 cm³/mol. The van der Waals surface area contributed by atoms with Crippen LogP contribution in [0.2, 0.25) is 0 Å². The highest BCUT2D eigenvalue weighted by Gasteiger charge is 2.48. The normalized spacial score (nSPS) is 25.2. The lowest BCUT2D eigenvalue weighted by molar-refractivity contribution is -0.287. The van der Waals surface area contributed by atoms with E-state index in [4.69, 9.17) is 14.2 Å². The molecule has 3 N–H and O–H groups in total. The molecule has 1 fully saturated rings. The van der Waals surface area contributed by atoms with Crippen molar-refractivity contribution < 1.29 is 29.2 Å². The number of aliphatic hydroxyl groups excluding tert-OH is 2. The van der Waals surface area contributed by atoms with E-state index in [1.807, 2.05) is 35.9 Å². The molecule has 0 spiro atoms. The summed E-state index contributed by atoms with van der Waals surface area (Å²) in [4.78, 5) is 16.9. The van der Waals surface area contributed by atoms with E-state index in [-0.39, 0.29) is 6.54 Å². The first-order valence-corrected chi connectivity index (χ1v) is 10.3. The van der Waals surface area contributed by atoms with Gasteiger partial charge in [0.25, 0.3) is 5.91 Å². The molecule has 12 heteroatoms. The molecular weight excluding hydrogens is 432 g/mol. The number of carbonyl (C=O) groups is 1. The van der Waals surface area contributed by atoms with Crippen LogP contribution in [0.1, 0.15) is 5.56 Å². The lowest BCUT2D eigenvalue weighted by atomic mass is 9.98. The molecule has 1 saturated heterocycles. The van der Waals surface area contributed by atoms with Gasteiger partial charge in [0.1, 0.15) is 24.0 Å². The summed E-state index contributed by atoms with van der Waals surface area (Å²) in [5.74, 6) is -0.492. The number of nitrogens with zero attached hydrogens (tertiary/aromatic N) is 5. The Labute approximate surface area is 189 Å². The predicted octanol–water partition coefficient (Wildman–Crippen LogP) is -0.608. The first-order valence-electron chi connectivity index (χ1n) is 10.3. The minimum atomic E-state index is -1.33. The smallest absolute Gasteiger partial charge is 0.252 e. The Hall–Kier alpha value is -3.16. The quantitative estimate of drug-likeness (QED) is 0.422. The zero-order valence-electron chi connectivity index (χ0n) is 18.4. The van der Waals surface area contributed by atoms with Crippen LogP contribution >= 0.6 is 0 Å². The maximum atomic E-state index is 12.7. The number of imidazole rings is 1. The van der Waals surface area contributed by atoms with Crippen molar-refractivity contribution in [3.05, 3.63) is 48.5 Å². The fourth-order valence-corrected chi connectivity index (χ4v) is 3.76. The summed E-state index contributed by atoms with van der Waals surface area (Å²) < 4.78 is 19.3. The Morgan fingerprint density at radius 1 is 1.12 bits per heavy atom. The lowest BCUT2D eigenvalue weighted by Crippen LogP contribution is -2.62. The molecule has 0 radical (unpaired) electrons. The van der Waals surface area contributed by atoms with Gasteiger partial charge < -0.3 is 34.3 Å². The topological polar surface area (TPSA) is 146 Å². The molecule has 1 aliphatic rings. The van der Waals surface area contributed by atoms with Gasteiger partial charge in [-0.05, 0) is 17.7 Å². The number of rotatable bonds is 7. The molecule has 1 amide bonds. The van der Waals surface area contributed by atoms with Crippen molar-refractivity contribution in [1.82, 2.24) is 29.9 Å². The average molecular weight is 458 g/mol. The minimum Gasteiger partial charge on any atom is -0.387 e. The summed E-state index contributed by atoms with van der Waals surface area (Å²) in [5.41, 5.74) is 3.31. The van der Waals surface area contributed by atoms with Gasteiger partial charge in [-0.1, -0.05) is 17.3 Å². The Morgan fingerprint density at radius 3 is 2.52 bits per heavy atom. The SMILES string of the molecule is CO[C@@H]1OC(C(=O)NCc2ccc(-n3nncc3-c3cncn3C)cc2)[C@@H](OC)[C@H](O)[C@@H]1O. The molecule has 33 heavy (non-hydrogen) atoms. The fourth-order valence-electron chi connectivity index (χ4n) is 3.76. The number of benzene rings is 1. The number of methoxy groups -OCH3 is 2. The third-order valence-electron chi connectivity index (χ3n) is 5.58. The third kappa shape index (κ3) is 4.51. The lowest BCUT2D eigenvalue weighted by Gasteiger charge is -2.40. The van der Waals surface area contributed by atoms with E-state index in [9.17, 15) is 15.0 Å². The van der Waals surface area contributed by atoms with E-state index in [2.05, 4.69) is 20.6 Å². The maximum absolute atomic E-state index is 12.7. The van der Waals surface area contributed by atoms with E-state index in [0.29, 0.717) is 0 Å². The second-order valence-electron chi connectivity index (χ2n) is 7.65. The highest BCUT2D eigenvalue weighted by Crippen LogP contribution is 2.24. The van der Waals surface area contributed by atoms with Crippen LogP contribution in [-0.4, -0.2) is 85.6 Å². The number of hydrogen-bond acceptors (Lipinski definition) is 9. The second-order valence-corrected chi connectivity index (χ2v) is 7.65. The van der Waals surface area contributed by atoms with Crippen molar-refractivity contribution in [2.45, 2.75) is 37.3 Å². The first kappa shape index (κ1) is 23.0. The third-order valence-corrected chi connectivity index (χ3v) is 5.58. The number of hydrogen-bond donors (Lipinski definition) is 3. The molecule has 3 aromatic rings. The van der Waals surface area contributed by atoms with E-state index >= 15 is 0 Å².